The first kappa shape index (κ1) is 20.4. The smallest absolute Gasteiger partial charge is 0.191 e. The van der Waals surface area contributed by atoms with Crippen LogP contribution < -0.4 is 10.6 Å². The molecule has 28 heavy (non-hydrogen) atoms. The highest BCUT2D eigenvalue weighted by atomic mass is 16.5. The first-order valence-corrected chi connectivity index (χ1v) is 9.88. The molecule has 0 saturated carbocycles. The van der Waals surface area contributed by atoms with Crippen molar-refractivity contribution in [2.24, 2.45) is 4.99 Å². The highest BCUT2D eigenvalue weighted by Crippen LogP contribution is 2.15. The number of hydrogen-bond acceptors (Lipinski definition) is 4. The largest absolute Gasteiger partial charge is 0.379 e. The molecule has 1 aliphatic heterocycles. The number of benzene rings is 1. The third-order valence-electron chi connectivity index (χ3n) is 5.19. The Hall–Kier alpha value is -2.38. The average Bonchev–Trinajstić information content (AvgIpc) is 3.23. The van der Waals surface area contributed by atoms with E-state index in [1.807, 2.05) is 19.6 Å². The molecule has 7 heteroatoms. The van der Waals surface area contributed by atoms with Crippen molar-refractivity contribution in [3.63, 3.8) is 0 Å². The second-order valence-electron chi connectivity index (χ2n) is 7.74. The van der Waals surface area contributed by atoms with E-state index in [-0.39, 0.29) is 5.54 Å². The van der Waals surface area contributed by atoms with Gasteiger partial charge in [0, 0.05) is 57.7 Å². The van der Waals surface area contributed by atoms with E-state index in [9.17, 15) is 0 Å². The maximum Gasteiger partial charge on any atom is 0.191 e. The van der Waals surface area contributed by atoms with E-state index in [2.05, 4.69) is 68.2 Å². The Labute approximate surface area is 167 Å². The molecule has 7 nitrogen and oxygen atoms in total. The Balaban J connectivity index is 1.45. The molecule has 1 saturated heterocycles. The zero-order valence-electron chi connectivity index (χ0n) is 17.2. The van der Waals surface area contributed by atoms with E-state index >= 15 is 0 Å². The van der Waals surface area contributed by atoms with Crippen LogP contribution in [0.1, 0.15) is 25.0 Å². The zero-order valence-corrected chi connectivity index (χ0v) is 17.2. The summed E-state index contributed by atoms with van der Waals surface area (Å²) in [4.78, 5) is 10.9. The summed E-state index contributed by atoms with van der Waals surface area (Å²) in [6.07, 6.45) is 5.62. The molecule has 2 aromatic rings. The van der Waals surface area contributed by atoms with Crippen LogP contribution in [-0.2, 0) is 17.8 Å². The molecule has 152 valence electrons. The molecule has 1 aliphatic rings. The van der Waals surface area contributed by atoms with Crippen molar-refractivity contribution in [3.05, 3.63) is 54.1 Å². The number of nitrogens with one attached hydrogen (secondary N) is 2. The van der Waals surface area contributed by atoms with Crippen molar-refractivity contribution < 1.29 is 4.74 Å². The number of rotatable bonds is 7. The molecule has 0 unspecified atom stereocenters. The predicted molar refractivity (Wildman–Crippen MR) is 112 cm³/mol. The molecule has 1 fully saturated rings. The van der Waals surface area contributed by atoms with Crippen molar-refractivity contribution in [1.29, 1.82) is 0 Å². The fourth-order valence-corrected chi connectivity index (χ4v) is 3.34. The lowest BCUT2D eigenvalue weighted by molar-refractivity contribution is -0.00834. The van der Waals surface area contributed by atoms with Gasteiger partial charge >= 0.3 is 0 Å². The first-order chi connectivity index (χ1) is 13.6. The van der Waals surface area contributed by atoms with Gasteiger partial charge in [0.15, 0.2) is 5.96 Å². The van der Waals surface area contributed by atoms with E-state index in [4.69, 9.17) is 4.74 Å². The molecule has 0 atom stereocenters. The van der Waals surface area contributed by atoms with Crippen LogP contribution in [0.4, 0.5) is 0 Å². The fraction of sp³-hybridized carbons (Fsp3) is 0.524. The van der Waals surface area contributed by atoms with Gasteiger partial charge in [-0.25, -0.2) is 4.98 Å². The van der Waals surface area contributed by atoms with Gasteiger partial charge in [0.25, 0.3) is 0 Å². The Morgan fingerprint density at radius 3 is 2.50 bits per heavy atom. The standard InChI is InChI=1S/C21H32N6O/c1-21(2,27-10-12-28-13-11-27)16-25-20(22-3)24-14-18-4-6-19(7-5-18)15-26-9-8-23-17-26/h4-9,17H,10-16H2,1-3H3,(H2,22,24,25). The Morgan fingerprint density at radius 2 is 1.86 bits per heavy atom. The topological polar surface area (TPSA) is 66.7 Å². The average molecular weight is 385 g/mol. The predicted octanol–water partition coefficient (Wildman–Crippen LogP) is 1.71. The molecule has 0 amide bonds. The minimum atomic E-state index is 0.0520. The number of hydrogen-bond donors (Lipinski definition) is 2. The van der Waals surface area contributed by atoms with Crippen molar-refractivity contribution in [1.82, 2.24) is 25.1 Å². The fourth-order valence-electron chi connectivity index (χ4n) is 3.34. The second kappa shape index (κ2) is 9.71. The van der Waals surface area contributed by atoms with Gasteiger partial charge in [-0.2, -0.15) is 0 Å². The molecule has 2 N–H and O–H groups in total. The summed E-state index contributed by atoms with van der Waals surface area (Å²) >= 11 is 0. The number of morpholine rings is 1. The number of ether oxygens (including phenoxy) is 1. The number of aliphatic imine (C=N–C) groups is 1. The molecule has 0 radical (unpaired) electrons. The van der Waals surface area contributed by atoms with Gasteiger partial charge in [0.1, 0.15) is 0 Å². The lowest BCUT2D eigenvalue weighted by Gasteiger charge is -2.41. The monoisotopic (exact) mass is 384 g/mol. The van der Waals surface area contributed by atoms with Crippen LogP contribution in [-0.4, -0.2) is 65.8 Å². The molecule has 0 bridgehead atoms. The third-order valence-corrected chi connectivity index (χ3v) is 5.19. The SMILES string of the molecule is CN=C(NCc1ccc(Cn2ccnc2)cc1)NCC(C)(C)N1CCOCC1. The quantitative estimate of drug-likeness (QED) is 0.562. The van der Waals surface area contributed by atoms with Crippen molar-refractivity contribution in [2.75, 3.05) is 39.9 Å². The summed E-state index contributed by atoms with van der Waals surface area (Å²) in [6.45, 7) is 10.5. The van der Waals surface area contributed by atoms with Gasteiger partial charge in [-0.05, 0) is 25.0 Å². The van der Waals surface area contributed by atoms with Gasteiger partial charge < -0.3 is 19.9 Å². The molecule has 1 aromatic heterocycles. The summed E-state index contributed by atoms with van der Waals surface area (Å²) in [5, 5.41) is 6.87. The van der Waals surface area contributed by atoms with Gasteiger partial charge in [-0.1, -0.05) is 24.3 Å². The lowest BCUT2D eigenvalue weighted by Crippen LogP contribution is -2.56. The molecule has 0 spiro atoms. The van der Waals surface area contributed by atoms with Crippen molar-refractivity contribution in [3.8, 4) is 0 Å². The summed E-state index contributed by atoms with van der Waals surface area (Å²) in [5.74, 6) is 0.823. The number of aromatic nitrogens is 2. The zero-order chi connectivity index (χ0) is 19.8. The van der Waals surface area contributed by atoms with Crippen LogP contribution in [0, 0.1) is 0 Å². The summed E-state index contributed by atoms with van der Waals surface area (Å²) in [7, 11) is 1.81. The summed E-state index contributed by atoms with van der Waals surface area (Å²) in [5.41, 5.74) is 2.54. The van der Waals surface area contributed by atoms with Crippen molar-refractivity contribution >= 4 is 5.96 Å². The Kier molecular flexibility index (Phi) is 7.06. The summed E-state index contributed by atoms with van der Waals surface area (Å²) in [6, 6.07) is 8.64. The molecule has 1 aromatic carbocycles. The van der Waals surface area contributed by atoms with Crippen LogP contribution in [0.15, 0.2) is 48.0 Å². The Morgan fingerprint density at radius 1 is 1.14 bits per heavy atom. The minimum absolute atomic E-state index is 0.0520. The maximum atomic E-state index is 5.46. The first-order valence-electron chi connectivity index (χ1n) is 9.88. The van der Waals surface area contributed by atoms with Crippen LogP contribution in [0.5, 0.6) is 0 Å². The molecule has 2 heterocycles. The van der Waals surface area contributed by atoms with E-state index < -0.39 is 0 Å². The van der Waals surface area contributed by atoms with Crippen molar-refractivity contribution in [2.45, 2.75) is 32.5 Å². The molecular formula is C21H32N6O. The molecular weight excluding hydrogens is 352 g/mol. The van der Waals surface area contributed by atoms with E-state index in [0.717, 1.165) is 51.9 Å². The van der Waals surface area contributed by atoms with Gasteiger partial charge in [-0.3, -0.25) is 9.89 Å². The third kappa shape index (κ3) is 5.81. The second-order valence-corrected chi connectivity index (χ2v) is 7.74. The van der Waals surface area contributed by atoms with Gasteiger partial charge in [0.05, 0.1) is 19.5 Å². The normalized spacial score (nSPS) is 16.2. The number of guanidine groups is 1. The summed E-state index contributed by atoms with van der Waals surface area (Å²) < 4.78 is 7.53. The van der Waals surface area contributed by atoms with Crippen LogP contribution in [0.25, 0.3) is 0 Å². The van der Waals surface area contributed by atoms with Crippen LogP contribution in [0.3, 0.4) is 0 Å². The van der Waals surface area contributed by atoms with Gasteiger partial charge in [-0.15, -0.1) is 0 Å². The van der Waals surface area contributed by atoms with E-state index in [0.29, 0.717) is 0 Å². The van der Waals surface area contributed by atoms with E-state index in [1.54, 1.807) is 6.20 Å². The van der Waals surface area contributed by atoms with Gasteiger partial charge in [0.2, 0.25) is 0 Å². The van der Waals surface area contributed by atoms with E-state index in [1.165, 1.54) is 11.1 Å². The maximum absolute atomic E-state index is 5.46. The number of imidazole rings is 1. The molecule has 3 rings (SSSR count). The number of nitrogens with zero attached hydrogens (tertiary/aromatic N) is 4. The Bertz CT molecular complexity index is 733. The van der Waals surface area contributed by atoms with Crippen LogP contribution >= 0.6 is 0 Å². The molecule has 0 aliphatic carbocycles. The minimum Gasteiger partial charge on any atom is -0.379 e. The van der Waals surface area contributed by atoms with Crippen LogP contribution in [0.2, 0.25) is 0 Å². The highest BCUT2D eigenvalue weighted by Gasteiger charge is 2.28. The lowest BCUT2D eigenvalue weighted by atomic mass is 10.0. The highest BCUT2D eigenvalue weighted by molar-refractivity contribution is 5.79.